The minimum Gasteiger partial charge on any atom is -0.370 e. The van der Waals surface area contributed by atoms with E-state index in [1.807, 2.05) is 12.1 Å². The van der Waals surface area contributed by atoms with Crippen molar-refractivity contribution in [3.8, 4) is 0 Å². The molecule has 1 aromatic rings. The lowest BCUT2D eigenvalue weighted by molar-refractivity contribution is 0.354. The summed E-state index contributed by atoms with van der Waals surface area (Å²) in [6, 6.07) is 5.36. The van der Waals surface area contributed by atoms with Crippen LogP contribution < -0.4 is 10.2 Å². The normalized spacial score (nSPS) is 22.7. The van der Waals surface area contributed by atoms with Gasteiger partial charge in [-0.15, -0.1) is 0 Å². The molecule has 0 unspecified atom stereocenters. The molecule has 1 aliphatic carbocycles. The number of rotatable bonds is 1. The van der Waals surface area contributed by atoms with Crippen molar-refractivity contribution in [3.05, 3.63) is 28.5 Å². The molecule has 0 amide bonds. The van der Waals surface area contributed by atoms with Crippen molar-refractivity contribution in [1.29, 1.82) is 0 Å². The Hall–Kier alpha value is -0.610. The summed E-state index contributed by atoms with van der Waals surface area (Å²) < 4.78 is 13.9. The van der Waals surface area contributed by atoms with E-state index < -0.39 is 0 Å². The maximum Gasteiger partial charge on any atom is 0.137 e. The van der Waals surface area contributed by atoms with Gasteiger partial charge in [-0.25, -0.2) is 4.39 Å². The van der Waals surface area contributed by atoms with Crippen LogP contribution in [0.25, 0.3) is 0 Å². The first-order valence-electron chi connectivity index (χ1n) is 7.14. The van der Waals surface area contributed by atoms with E-state index in [1.54, 1.807) is 6.07 Å². The molecule has 1 spiro atoms. The Morgan fingerprint density at radius 2 is 2.00 bits per heavy atom. The number of nitrogens with one attached hydrogen (secondary N) is 1. The van der Waals surface area contributed by atoms with Crippen molar-refractivity contribution in [2.24, 2.45) is 0 Å². The van der Waals surface area contributed by atoms with Crippen molar-refractivity contribution in [2.75, 3.05) is 24.5 Å². The molecular weight excluding hydrogens is 307 g/mol. The van der Waals surface area contributed by atoms with Gasteiger partial charge in [0, 0.05) is 24.3 Å². The molecule has 1 saturated heterocycles. The summed E-state index contributed by atoms with van der Waals surface area (Å²) in [6.45, 7) is 3.19. The third-order valence-electron chi connectivity index (χ3n) is 4.43. The average molecular weight is 327 g/mol. The summed E-state index contributed by atoms with van der Waals surface area (Å²) in [4.78, 5) is 2.41. The molecule has 2 nitrogen and oxygen atoms in total. The minimum atomic E-state index is -0.188. The topological polar surface area (TPSA) is 15.3 Å². The lowest BCUT2D eigenvalue weighted by Gasteiger charge is -2.34. The lowest BCUT2D eigenvalue weighted by atomic mass is 9.97. The highest BCUT2D eigenvalue weighted by Gasteiger charge is 2.36. The molecule has 1 N–H and O–H groups in total. The second kappa shape index (κ2) is 5.41. The number of hydrogen-bond acceptors (Lipinski definition) is 2. The first-order valence-corrected chi connectivity index (χ1v) is 7.93. The zero-order chi connectivity index (χ0) is 13.3. The van der Waals surface area contributed by atoms with Gasteiger partial charge in [0.25, 0.3) is 0 Å². The molecule has 0 atom stereocenters. The van der Waals surface area contributed by atoms with Crippen LogP contribution in [-0.4, -0.2) is 25.2 Å². The highest BCUT2D eigenvalue weighted by atomic mass is 79.9. The van der Waals surface area contributed by atoms with Crippen molar-refractivity contribution >= 4 is 21.6 Å². The van der Waals surface area contributed by atoms with E-state index in [-0.39, 0.29) is 11.4 Å². The summed E-state index contributed by atoms with van der Waals surface area (Å²) in [5, 5.41) is 3.76. The summed E-state index contributed by atoms with van der Waals surface area (Å²) in [5.41, 5.74) is 1.42. The van der Waals surface area contributed by atoms with Crippen LogP contribution in [0.1, 0.15) is 32.1 Å². The maximum atomic E-state index is 13.4. The van der Waals surface area contributed by atoms with E-state index in [1.165, 1.54) is 25.7 Å². The minimum absolute atomic E-state index is 0.188. The van der Waals surface area contributed by atoms with Gasteiger partial charge in [-0.2, -0.15) is 0 Å². The van der Waals surface area contributed by atoms with Crippen LogP contribution in [-0.2, 0) is 0 Å². The number of nitrogens with zero attached hydrogens (tertiary/aromatic N) is 1. The Labute approximate surface area is 122 Å². The van der Waals surface area contributed by atoms with Gasteiger partial charge < -0.3 is 10.2 Å². The second-order valence-electron chi connectivity index (χ2n) is 5.79. The van der Waals surface area contributed by atoms with Gasteiger partial charge in [0.2, 0.25) is 0 Å². The van der Waals surface area contributed by atoms with E-state index in [4.69, 9.17) is 0 Å². The van der Waals surface area contributed by atoms with Crippen LogP contribution in [0.5, 0.6) is 0 Å². The monoisotopic (exact) mass is 326 g/mol. The molecule has 2 aliphatic rings. The molecule has 0 bridgehead atoms. The summed E-state index contributed by atoms with van der Waals surface area (Å²) in [6.07, 6.45) is 6.34. The molecule has 1 aliphatic heterocycles. The molecule has 1 aromatic carbocycles. The van der Waals surface area contributed by atoms with Crippen LogP contribution in [0.3, 0.4) is 0 Å². The molecule has 1 heterocycles. The summed E-state index contributed by atoms with van der Waals surface area (Å²) in [5.74, 6) is -0.188. The molecule has 4 heteroatoms. The average Bonchev–Trinajstić information content (AvgIpc) is 2.74. The van der Waals surface area contributed by atoms with E-state index >= 15 is 0 Å². The number of hydrogen-bond donors (Lipinski definition) is 1. The third kappa shape index (κ3) is 2.79. The van der Waals surface area contributed by atoms with Crippen LogP contribution in [0, 0.1) is 5.82 Å². The van der Waals surface area contributed by atoms with Gasteiger partial charge in [-0.3, -0.25) is 0 Å². The Balaban J connectivity index is 1.84. The van der Waals surface area contributed by atoms with Crippen molar-refractivity contribution < 1.29 is 4.39 Å². The molecule has 104 valence electrons. The predicted molar refractivity (Wildman–Crippen MR) is 80.1 cm³/mol. The lowest BCUT2D eigenvalue weighted by Crippen LogP contribution is -2.49. The first-order chi connectivity index (χ1) is 9.19. The van der Waals surface area contributed by atoms with Crippen LogP contribution in [0.15, 0.2) is 22.7 Å². The van der Waals surface area contributed by atoms with E-state index in [2.05, 4.69) is 26.1 Å². The van der Waals surface area contributed by atoms with Crippen LogP contribution in [0.4, 0.5) is 10.1 Å². The fourth-order valence-electron chi connectivity index (χ4n) is 3.41. The Morgan fingerprint density at radius 3 is 2.74 bits per heavy atom. The van der Waals surface area contributed by atoms with Gasteiger partial charge in [0.05, 0.1) is 4.47 Å². The largest absolute Gasteiger partial charge is 0.370 e. The molecule has 3 rings (SSSR count). The van der Waals surface area contributed by atoms with Gasteiger partial charge in [0.15, 0.2) is 0 Å². The van der Waals surface area contributed by atoms with Gasteiger partial charge >= 0.3 is 0 Å². The molecular formula is C15H20BrFN2. The van der Waals surface area contributed by atoms with Crippen molar-refractivity contribution in [1.82, 2.24) is 5.32 Å². The van der Waals surface area contributed by atoms with E-state index in [0.29, 0.717) is 4.47 Å². The van der Waals surface area contributed by atoms with Crippen LogP contribution >= 0.6 is 15.9 Å². The third-order valence-corrected chi connectivity index (χ3v) is 5.04. The van der Waals surface area contributed by atoms with Crippen LogP contribution in [0.2, 0.25) is 0 Å². The zero-order valence-electron chi connectivity index (χ0n) is 11.1. The molecule has 1 saturated carbocycles. The zero-order valence-corrected chi connectivity index (χ0v) is 12.7. The maximum absolute atomic E-state index is 13.4. The smallest absolute Gasteiger partial charge is 0.137 e. The van der Waals surface area contributed by atoms with Gasteiger partial charge in [0.1, 0.15) is 5.82 Å². The first kappa shape index (κ1) is 13.4. The summed E-state index contributed by atoms with van der Waals surface area (Å²) in [7, 11) is 0. The standard InChI is InChI=1S/C15H20BrFN2/c16-13-10-12(4-5-14(13)17)19-9-3-8-18-15(11-19)6-1-2-7-15/h4-5,10,18H,1-3,6-9,11H2. The van der Waals surface area contributed by atoms with Crippen molar-refractivity contribution in [3.63, 3.8) is 0 Å². The van der Waals surface area contributed by atoms with Gasteiger partial charge in [-0.1, -0.05) is 12.8 Å². The molecule has 2 fully saturated rings. The number of benzene rings is 1. The number of anilines is 1. The fraction of sp³-hybridized carbons (Fsp3) is 0.600. The Morgan fingerprint density at radius 1 is 1.21 bits per heavy atom. The van der Waals surface area contributed by atoms with Crippen molar-refractivity contribution in [2.45, 2.75) is 37.6 Å². The van der Waals surface area contributed by atoms with E-state index in [9.17, 15) is 4.39 Å². The highest BCUT2D eigenvalue weighted by Crippen LogP contribution is 2.34. The Kier molecular flexibility index (Phi) is 3.81. The highest BCUT2D eigenvalue weighted by molar-refractivity contribution is 9.10. The predicted octanol–water partition coefficient (Wildman–Crippen LogP) is 3.70. The fourth-order valence-corrected chi connectivity index (χ4v) is 3.78. The SMILES string of the molecule is Fc1ccc(N2CCCNC3(CCCC3)C2)cc1Br. The molecule has 0 aromatic heterocycles. The van der Waals surface area contributed by atoms with Gasteiger partial charge in [-0.05, 0) is 59.9 Å². The number of halogens is 2. The Bertz CT molecular complexity index is 457. The second-order valence-corrected chi connectivity index (χ2v) is 6.64. The quantitative estimate of drug-likeness (QED) is 0.846. The molecule has 0 radical (unpaired) electrons. The molecule has 19 heavy (non-hydrogen) atoms. The summed E-state index contributed by atoms with van der Waals surface area (Å²) >= 11 is 3.29. The van der Waals surface area contributed by atoms with E-state index in [0.717, 1.165) is 31.7 Å².